The van der Waals surface area contributed by atoms with Gasteiger partial charge in [-0.15, -0.1) is 0 Å². The maximum Gasteiger partial charge on any atom is 0.161 e. The Morgan fingerprint density at radius 1 is 1.07 bits per heavy atom. The van der Waals surface area contributed by atoms with Crippen molar-refractivity contribution >= 4 is 46.3 Å². The van der Waals surface area contributed by atoms with Crippen LogP contribution in [-0.2, 0) is 11.4 Å². The average Bonchev–Trinajstić information content (AvgIpc) is 2.88. The molecule has 1 aliphatic carbocycles. The molecule has 1 atom stereocenters. The van der Waals surface area contributed by atoms with Gasteiger partial charge in [-0.25, -0.2) is 4.39 Å². The third-order valence-corrected chi connectivity index (χ3v) is 8.04. The lowest BCUT2D eigenvalue weighted by Crippen LogP contribution is -2.39. The minimum atomic E-state index is -0.647. The lowest BCUT2D eigenvalue weighted by Gasteiger charge is -2.40. The number of anilines is 1. The van der Waals surface area contributed by atoms with E-state index in [-0.39, 0.29) is 28.8 Å². The quantitative estimate of drug-likeness (QED) is 0.321. The number of aryl methyl sites for hydroxylation is 1. The summed E-state index contributed by atoms with van der Waals surface area (Å²) in [5.41, 5.74) is 12.3. The lowest BCUT2D eigenvalue weighted by molar-refractivity contribution is -0.116. The number of Topliss-reactive ketones (excluding diaryl/α,β-unsaturated/α-hetero) is 1. The Balaban J connectivity index is 1.64. The number of nitrogens with zero attached hydrogens (tertiary/aromatic N) is 2. The average molecular weight is 597 g/mol. The van der Waals surface area contributed by atoms with Gasteiger partial charge in [0.15, 0.2) is 5.78 Å². The second-order valence-electron chi connectivity index (χ2n) is 9.95. The van der Waals surface area contributed by atoms with Crippen LogP contribution in [0.4, 0.5) is 10.1 Å². The molecule has 0 saturated heterocycles. The molecule has 3 aromatic rings. The first-order valence-corrected chi connectivity index (χ1v) is 13.8. The van der Waals surface area contributed by atoms with Gasteiger partial charge in [-0.3, -0.25) is 9.69 Å². The van der Waals surface area contributed by atoms with E-state index in [0.717, 1.165) is 28.0 Å². The zero-order valence-electron chi connectivity index (χ0n) is 21.8. The van der Waals surface area contributed by atoms with Crippen LogP contribution in [0.3, 0.4) is 0 Å². The molecule has 0 spiro atoms. The Hall–Kier alpha value is -3.50. The van der Waals surface area contributed by atoms with E-state index in [1.165, 1.54) is 18.2 Å². The van der Waals surface area contributed by atoms with E-state index < -0.39 is 11.7 Å². The Kier molecular flexibility index (Phi) is 7.83. The van der Waals surface area contributed by atoms with Crippen LogP contribution in [0.25, 0.3) is 0 Å². The van der Waals surface area contributed by atoms with Crippen LogP contribution in [0.5, 0.6) is 5.75 Å². The van der Waals surface area contributed by atoms with Gasteiger partial charge in [-0.2, -0.15) is 5.26 Å². The number of benzene rings is 3. The number of nitriles is 1. The molecule has 1 aliphatic heterocycles. The summed E-state index contributed by atoms with van der Waals surface area (Å²) in [6.07, 6.45) is 1.64. The number of allylic oxidation sites excluding steroid dienone is 3. The van der Waals surface area contributed by atoms with Gasteiger partial charge in [0.05, 0.1) is 28.3 Å². The van der Waals surface area contributed by atoms with Gasteiger partial charge < -0.3 is 10.5 Å². The number of halogens is 4. The molecule has 1 heterocycles. The number of hydrogen-bond donors (Lipinski definition) is 1. The topological polar surface area (TPSA) is 79.3 Å². The third-order valence-electron chi connectivity index (χ3n) is 7.31. The molecule has 0 bridgehead atoms. The molecule has 2 N–H and O–H groups in total. The number of ketones is 1. The maximum absolute atomic E-state index is 13.6. The van der Waals surface area contributed by atoms with Crippen molar-refractivity contribution < 1.29 is 13.9 Å². The number of nitrogens with two attached hydrogens (primary N) is 1. The predicted octanol–water partition coefficient (Wildman–Crippen LogP) is 8.29. The molecule has 0 amide bonds. The minimum Gasteiger partial charge on any atom is -0.487 e. The van der Waals surface area contributed by atoms with Crippen molar-refractivity contribution in [3.63, 3.8) is 0 Å². The van der Waals surface area contributed by atoms with E-state index in [2.05, 4.69) is 6.07 Å². The van der Waals surface area contributed by atoms with Crippen LogP contribution in [0.1, 0.15) is 47.4 Å². The number of carbonyl (C=O) groups excluding carboxylic acids is 1. The first-order chi connectivity index (χ1) is 19.1. The van der Waals surface area contributed by atoms with Crippen molar-refractivity contribution in [1.29, 1.82) is 5.26 Å². The van der Waals surface area contributed by atoms with Gasteiger partial charge in [0.1, 0.15) is 24.0 Å². The highest BCUT2D eigenvalue weighted by molar-refractivity contribution is 6.35. The number of carbonyl (C=O) groups is 1. The van der Waals surface area contributed by atoms with Gasteiger partial charge in [0, 0.05) is 27.7 Å². The molecule has 0 aromatic heterocycles. The summed E-state index contributed by atoms with van der Waals surface area (Å²) in [6, 6.07) is 15.3. The zero-order chi connectivity index (χ0) is 28.7. The fourth-order valence-corrected chi connectivity index (χ4v) is 6.26. The molecule has 1 unspecified atom stereocenters. The molecular formula is C31H25Cl3FN3O2. The van der Waals surface area contributed by atoms with Crippen LogP contribution in [0, 0.1) is 31.0 Å². The van der Waals surface area contributed by atoms with Crippen LogP contribution >= 0.6 is 34.8 Å². The van der Waals surface area contributed by atoms with E-state index in [4.69, 9.17) is 45.3 Å². The molecule has 5 rings (SSSR count). The van der Waals surface area contributed by atoms with Crippen molar-refractivity contribution in [2.75, 3.05) is 4.90 Å². The van der Waals surface area contributed by atoms with Crippen molar-refractivity contribution in [2.24, 2.45) is 5.73 Å². The fourth-order valence-electron chi connectivity index (χ4n) is 5.52. The zero-order valence-corrected chi connectivity index (χ0v) is 24.1. The number of ether oxygens (including phenoxy) is 1. The SMILES string of the molecule is Cc1cc(COc2ccc(F)cc2Cl)c(C)c(C2C(C#N)=C(N)N(c3cc(Cl)cc(Cl)c3)C3=C2C(=O)CCC3)c1. The molecule has 3 aromatic carbocycles. The monoisotopic (exact) mass is 595 g/mol. The number of rotatable bonds is 5. The number of hydrogen-bond acceptors (Lipinski definition) is 5. The Morgan fingerprint density at radius 2 is 1.80 bits per heavy atom. The summed E-state index contributed by atoms with van der Waals surface area (Å²) in [5.74, 6) is -0.537. The first-order valence-electron chi connectivity index (χ1n) is 12.7. The largest absolute Gasteiger partial charge is 0.487 e. The van der Waals surface area contributed by atoms with Crippen LogP contribution in [0.15, 0.2) is 71.2 Å². The maximum atomic E-state index is 13.6. The van der Waals surface area contributed by atoms with E-state index >= 15 is 0 Å². The second-order valence-corrected chi connectivity index (χ2v) is 11.2. The second kappa shape index (κ2) is 11.2. The van der Waals surface area contributed by atoms with E-state index in [9.17, 15) is 14.4 Å². The normalized spacial score (nSPS) is 17.2. The summed E-state index contributed by atoms with van der Waals surface area (Å²) in [6.45, 7) is 4.03. The van der Waals surface area contributed by atoms with Gasteiger partial charge in [0.25, 0.3) is 0 Å². The smallest absolute Gasteiger partial charge is 0.161 e. The molecule has 204 valence electrons. The van der Waals surface area contributed by atoms with E-state index in [0.29, 0.717) is 46.3 Å². The Labute approximate surface area is 247 Å². The van der Waals surface area contributed by atoms with Crippen LogP contribution in [0.2, 0.25) is 15.1 Å². The summed E-state index contributed by atoms with van der Waals surface area (Å²) in [7, 11) is 0. The highest BCUT2D eigenvalue weighted by Crippen LogP contribution is 2.48. The molecule has 40 heavy (non-hydrogen) atoms. The summed E-state index contributed by atoms with van der Waals surface area (Å²) >= 11 is 18.8. The summed E-state index contributed by atoms with van der Waals surface area (Å²) < 4.78 is 19.4. The Bertz CT molecular complexity index is 1640. The van der Waals surface area contributed by atoms with E-state index in [1.807, 2.05) is 26.0 Å². The minimum absolute atomic E-state index is 0.0265. The predicted molar refractivity (Wildman–Crippen MR) is 156 cm³/mol. The summed E-state index contributed by atoms with van der Waals surface area (Å²) in [5, 5.41) is 11.4. The molecule has 2 aliphatic rings. The highest BCUT2D eigenvalue weighted by atomic mass is 35.5. The standard InChI is InChI=1S/C31H25Cl3FN3O2/c1-16-8-18(15-40-28-7-6-21(35)13-25(28)34)17(2)23(9-16)29-24(14-36)31(37)38(22-11-19(32)10-20(33)12-22)26-4-3-5-27(39)30(26)29/h6-13,29H,3-5,15,37H2,1-2H3. The van der Waals surface area contributed by atoms with Crippen molar-refractivity contribution in [1.82, 2.24) is 0 Å². The fraction of sp³-hybridized carbons (Fsp3) is 0.226. The molecule has 0 saturated carbocycles. The van der Waals surface area contributed by atoms with E-state index in [1.54, 1.807) is 23.1 Å². The lowest BCUT2D eigenvalue weighted by atomic mass is 9.73. The molecule has 5 nitrogen and oxygen atoms in total. The Morgan fingerprint density at radius 3 is 2.48 bits per heavy atom. The highest BCUT2D eigenvalue weighted by Gasteiger charge is 2.41. The van der Waals surface area contributed by atoms with Gasteiger partial charge in [-0.05, 0) is 79.8 Å². The molecular weight excluding hydrogens is 572 g/mol. The van der Waals surface area contributed by atoms with Gasteiger partial charge in [0.2, 0.25) is 0 Å². The van der Waals surface area contributed by atoms with Crippen molar-refractivity contribution in [2.45, 2.75) is 45.6 Å². The molecule has 0 radical (unpaired) electrons. The summed E-state index contributed by atoms with van der Waals surface area (Å²) in [4.78, 5) is 15.3. The third kappa shape index (κ3) is 5.17. The first kappa shape index (κ1) is 28.0. The van der Waals surface area contributed by atoms with Gasteiger partial charge in [-0.1, -0.05) is 52.5 Å². The molecule has 9 heteroatoms. The van der Waals surface area contributed by atoms with Crippen LogP contribution in [-0.4, -0.2) is 5.78 Å². The van der Waals surface area contributed by atoms with Crippen molar-refractivity contribution in [3.05, 3.63) is 114 Å². The van der Waals surface area contributed by atoms with Crippen molar-refractivity contribution in [3.8, 4) is 11.8 Å². The van der Waals surface area contributed by atoms with Crippen LogP contribution < -0.4 is 15.4 Å². The van der Waals surface area contributed by atoms with Gasteiger partial charge >= 0.3 is 0 Å². The molecule has 0 fully saturated rings.